The highest BCUT2D eigenvalue weighted by molar-refractivity contribution is 5.87. The Bertz CT molecular complexity index is 668. The van der Waals surface area contributed by atoms with Gasteiger partial charge >= 0.3 is 5.97 Å². The molecule has 2 rings (SSSR count). The monoisotopic (exact) mass is 273 g/mol. The van der Waals surface area contributed by atoms with Crippen molar-refractivity contribution in [3.05, 3.63) is 47.4 Å². The number of hydrogen-bond acceptors (Lipinski definition) is 5. The average Bonchev–Trinajstić information content (AvgIpc) is 2.93. The van der Waals surface area contributed by atoms with Crippen LogP contribution in [0.2, 0.25) is 0 Å². The number of furan rings is 1. The SMILES string of the molecule is COc1cc(C#N)cc(OCc2cc(C(=O)O)co2)c1. The van der Waals surface area contributed by atoms with E-state index in [0.29, 0.717) is 22.8 Å². The van der Waals surface area contributed by atoms with E-state index in [9.17, 15) is 4.79 Å². The first-order valence-corrected chi connectivity index (χ1v) is 5.65. The Balaban J connectivity index is 2.10. The lowest BCUT2D eigenvalue weighted by atomic mass is 10.2. The number of rotatable bonds is 5. The first kappa shape index (κ1) is 13.5. The first-order valence-electron chi connectivity index (χ1n) is 5.65. The molecule has 0 spiro atoms. The lowest BCUT2D eigenvalue weighted by Gasteiger charge is -2.07. The molecule has 20 heavy (non-hydrogen) atoms. The number of carboxylic acid groups (broad SMARTS) is 1. The van der Waals surface area contributed by atoms with Crippen molar-refractivity contribution in [1.82, 2.24) is 0 Å². The predicted molar refractivity (Wildman–Crippen MR) is 67.7 cm³/mol. The number of benzene rings is 1. The number of nitrogens with zero attached hydrogens (tertiary/aromatic N) is 1. The summed E-state index contributed by atoms with van der Waals surface area (Å²) in [5.41, 5.74) is 0.469. The number of methoxy groups -OCH3 is 1. The number of hydrogen-bond donors (Lipinski definition) is 1. The van der Waals surface area contributed by atoms with Crippen LogP contribution in [0.5, 0.6) is 11.5 Å². The van der Waals surface area contributed by atoms with Crippen LogP contribution < -0.4 is 9.47 Å². The fourth-order valence-electron chi connectivity index (χ4n) is 1.56. The molecule has 2 aromatic rings. The van der Waals surface area contributed by atoms with E-state index in [1.165, 1.54) is 13.2 Å². The van der Waals surface area contributed by atoms with Gasteiger partial charge in [0, 0.05) is 6.07 Å². The summed E-state index contributed by atoms with van der Waals surface area (Å²) in [6, 6.07) is 8.15. The summed E-state index contributed by atoms with van der Waals surface area (Å²) in [4.78, 5) is 10.7. The Labute approximate surface area is 114 Å². The normalized spacial score (nSPS) is 9.80. The fourth-order valence-corrected chi connectivity index (χ4v) is 1.56. The highest BCUT2D eigenvalue weighted by Gasteiger charge is 2.09. The molecule has 1 N–H and O–H groups in total. The second-order valence-electron chi connectivity index (χ2n) is 3.90. The minimum atomic E-state index is -1.06. The zero-order chi connectivity index (χ0) is 14.5. The molecule has 0 amide bonds. The molecule has 0 radical (unpaired) electrons. The van der Waals surface area contributed by atoms with E-state index in [1.807, 2.05) is 6.07 Å². The number of aromatic carboxylic acids is 1. The van der Waals surface area contributed by atoms with Gasteiger partial charge in [0.15, 0.2) is 0 Å². The minimum Gasteiger partial charge on any atom is -0.497 e. The van der Waals surface area contributed by atoms with E-state index in [4.69, 9.17) is 24.3 Å². The van der Waals surface area contributed by atoms with Crippen LogP contribution >= 0.6 is 0 Å². The largest absolute Gasteiger partial charge is 0.497 e. The maximum absolute atomic E-state index is 10.7. The predicted octanol–water partition coefficient (Wildman–Crippen LogP) is 2.44. The summed E-state index contributed by atoms with van der Waals surface area (Å²) in [6.07, 6.45) is 1.15. The molecule has 0 aliphatic carbocycles. The van der Waals surface area contributed by atoms with E-state index in [2.05, 4.69) is 0 Å². The van der Waals surface area contributed by atoms with Crippen LogP contribution in [-0.4, -0.2) is 18.2 Å². The topological polar surface area (TPSA) is 92.7 Å². The maximum Gasteiger partial charge on any atom is 0.338 e. The molecule has 0 bridgehead atoms. The minimum absolute atomic E-state index is 0.0608. The number of nitriles is 1. The van der Waals surface area contributed by atoms with E-state index >= 15 is 0 Å². The molecule has 0 aliphatic heterocycles. The summed E-state index contributed by atoms with van der Waals surface area (Å²) in [7, 11) is 1.49. The summed E-state index contributed by atoms with van der Waals surface area (Å²) in [6.45, 7) is 0.0608. The second kappa shape index (κ2) is 5.80. The van der Waals surface area contributed by atoms with Crippen LogP contribution in [0.4, 0.5) is 0 Å². The molecule has 6 heteroatoms. The van der Waals surface area contributed by atoms with Gasteiger partial charge in [0.2, 0.25) is 0 Å². The number of ether oxygens (including phenoxy) is 2. The molecule has 1 aromatic heterocycles. The third-order valence-corrected chi connectivity index (χ3v) is 2.53. The standard InChI is InChI=1S/C14H11NO5/c1-18-11-2-9(6-15)3-12(5-11)20-8-13-4-10(7-19-13)14(16)17/h2-5,7H,8H2,1H3,(H,16,17). The first-order chi connectivity index (χ1) is 9.62. The van der Waals surface area contributed by atoms with Crippen molar-refractivity contribution in [2.45, 2.75) is 6.61 Å². The van der Waals surface area contributed by atoms with Gasteiger partial charge in [0.1, 0.15) is 30.1 Å². The number of carbonyl (C=O) groups is 1. The molecule has 1 heterocycles. The smallest absolute Gasteiger partial charge is 0.338 e. The van der Waals surface area contributed by atoms with Crippen molar-refractivity contribution in [2.24, 2.45) is 0 Å². The van der Waals surface area contributed by atoms with Crippen LogP contribution in [0.3, 0.4) is 0 Å². The molecule has 0 unspecified atom stereocenters. The summed E-state index contributed by atoms with van der Waals surface area (Å²) in [5, 5.41) is 17.7. The van der Waals surface area contributed by atoms with Crippen LogP contribution in [0.1, 0.15) is 21.7 Å². The van der Waals surface area contributed by atoms with E-state index in [-0.39, 0.29) is 12.2 Å². The van der Waals surface area contributed by atoms with Crippen LogP contribution in [0, 0.1) is 11.3 Å². The van der Waals surface area contributed by atoms with Crippen molar-refractivity contribution in [1.29, 1.82) is 5.26 Å². The third kappa shape index (κ3) is 3.09. The molecule has 6 nitrogen and oxygen atoms in total. The molecule has 0 saturated carbocycles. The summed E-state index contributed by atoms with van der Waals surface area (Å²) in [5.74, 6) is 0.260. The summed E-state index contributed by atoms with van der Waals surface area (Å²) >= 11 is 0. The Morgan fingerprint density at radius 3 is 2.70 bits per heavy atom. The summed E-state index contributed by atoms with van der Waals surface area (Å²) < 4.78 is 15.6. The van der Waals surface area contributed by atoms with Gasteiger partial charge in [-0.25, -0.2) is 4.79 Å². The van der Waals surface area contributed by atoms with Gasteiger partial charge in [0.05, 0.1) is 24.3 Å². The molecule has 102 valence electrons. The molecule has 0 saturated heterocycles. The molecule has 1 aromatic carbocycles. The highest BCUT2D eigenvalue weighted by Crippen LogP contribution is 2.23. The molecule has 0 aliphatic rings. The van der Waals surface area contributed by atoms with Gasteiger partial charge < -0.3 is 19.0 Å². The van der Waals surface area contributed by atoms with Gasteiger partial charge in [-0.15, -0.1) is 0 Å². The fraction of sp³-hybridized carbons (Fsp3) is 0.143. The zero-order valence-corrected chi connectivity index (χ0v) is 10.6. The second-order valence-corrected chi connectivity index (χ2v) is 3.90. The van der Waals surface area contributed by atoms with Gasteiger partial charge in [-0.2, -0.15) is 5.26 Å². The maximum atomic E-state index is 10.7. The van der Waals surface area contributed by atoms with Gasteiger partial charge in [0.25, 0.3) is 0 Å². The van der Waals surface area contributed by atoms with Gasteiger partial charge in [-0.05, 0) is 18.2 Å². The van der Waals surface area contributed by atoms with Gasteiger partial charge in [-0.3, -0.25) is 0 Å². The molecule has 0 atom stereocenters. The van der Waals surface area contributed by atoms with Crippen molar-refractivity contribution in [2.75, 3.05) is 7.11 Å². The van der Waals surface area contributed by atoms with Crippen LogP contribution in [0.15, 0.2) is 34.9 Å². The highest BCUT2D eigenvalue weighted by atomic mass is 16.5. The van der Waals surface area contributed by atoms with Crippen LogP contribution in [0.25, 0.3) is 0 Å². The zero-order valence-electron chi connectivity index (χ0n) is 10.6. The van der Waals surface area contributed by atoms with Gasteiger partial charge in [-0.1, -0.05) is 0 Å². The Morgan fingerprint density at radius 1 is 1.35 bits per heavy atom. The van der Waals surface area contributed by atoms with Crippen LogP contribution in [-0.2, 0) is 6.61 Å². The van der Waals surface area contributed by atoms with E-state index < -0.39 is 5.97 Å². The van der Waals surface area contributed by atoms with Crippen molar-refractivity contribution in [3.63, 3.8) is 0 Å². The number of carboxylic acids is 1. The quantitative estimate of drug-likeness (QED) is 0.899. The van der Waals surface area contributed by atoms with E-state index in [0.717, 1.165) is 6.26 Å². The molecular weight excluding hydrogens is 262 g/mol. The average molecular weight is 273 g/mol. The molecule has 0 fully saturated rings. The lowest BCUT2D eigenvalue weighted by molar-refractivity contribution is 0.0696. The van der Waals surface area contributed by atoms with Crippen molar-refractivity contribution in [3.8, 4) is 17.6 Å². The van der Waals surface area contributed by atoms with Crippen molar-refractivity contribution < 1.29 is 23.8 Å². The third-order valence-electron chi connectivity index (χ3n) is 2.53. The molecular formula is C14H11NO5. The van der Waals surface area contributed by atoms with Crippen molar-refractivity contribution >= 4 is 5.97 Å². The van der Waals surface area contributed by atoms with E-state index in [1.54, 1.807) is 18.2 Å². The Kier molecular flexibility index (Phi) is 3.91. The Hall–Kier alpha value is -2.94. The Morgan fingerprint density at radius 2 is 2.10 bits per heavy atom. The lowest BCUT2D eigenvalue weighted by Crippen LogP contribution is -1.96.